The van der Waals surface area contributed by atoms with Crippen molar-refractivity contribution >= 4 is 39.9 Å². The fourth-order valence-corrected chi connectivity index (χ4v) is 3.82. The van der Waals surface area contributed by atoms with Gasteiger partial charge < -0.3 is 25.0 Å². The average Bonchev–Trinajstić information content (AvgIpc) is 2.82. The van der Waals surface area contributed by atoms with Gasteiger partial charge in [0.1, 0.15) is 18.2 Å². The number of benzene rings is 2. The Hall–Kier alpha value is -3.17. The Morgan fingerprint density at radius 1 is 1.24 bits per heavy atom. The van der Waals surface area contributed by atoms with Crippen molar-refractivity contribution in [2.45, 2.75) is 25.9 Å². The van der Waals surface area contributed by atoms with E-state index in [0.717, 1.165) is 19.4 Å². The Balaban J connectivity index is 0.00000103. The van der Waals surface area contributed by atoms with Gasteiger partial charge >= 0.3 is 0 Å². The van der Waals surface area contributed by atoms with Crippen LogP contribution < -0.4 is 20.1 Å². The fraction of sp³-hybridized carbons (Fsp3) is 0.375. The molecule has 1 saturated heterocycles. The largest absolute Gasteiger partial charge is 0.493 e. The maximum absolute atomic E-state index is 14.4. The first-order valence-corrected chi connectivity index (χ1v) is 11.3. The van der Waals surface area contributed by atoms with Crippen molar-refractivity contribution in [3.8, 4) is 11.5 Å². The van der Waals surface area contributed by atoms with Crippen molar-refractivity contribution in [3.05, 3.63) is 47.5 Å². The Kier molecular flexibility index (Phi) is 8.84. The quantitative estimate of drug-likeness (QED) is 0.549. The molecule has 182 valence electrons. The highest BCUT2D eigenvalue weighted by Gasteiger charge is 2.24. The van der Waals surface area contributed by atoms with Gasteiger partial charge in [0, 0.05) is 24.9 Å². The summed E-state index contributed by atoms with van der Waals surface area (Å²) in [5.74, 6) is 0.906. The summed E-state index contributed by atoms with van der Waals surface area (Å²) >= 11 is 5.89. The zero-order valence-electron chi connectivity index (χ0n) is 19.7. The van der Waals surface area contributed by atoms with Crippen LogP contribution in [0, 0.1) is 5.82 Å². The summed E-state index contributed by atoms with van der Waals surface area (Å²) in [6.07, 6.45) is 2.92. The second kappa shape index (κ2) is 11.8. The molecule has 2 aromatic carbocycles. The summed E-state index contributed by atoms with van der Waals surface area (Å²) in [6, 6.07) is 8.22. The molecule has 0 radical (unpaired) electrons. The molecule has 1 aliphatic rings. The molecule has 3 aromatic rings. The molecule has 8 nitrogen and oxygen atoms in total. The van der Waals surface area contributed by atoms with Crippen LogP contribution in [0.3, 0.4) is 0 Å². The average molecular weight is 490 g/mol. The second-order valence-electron chi connectivity index (χ2n) is 7.82. The third-order valence-electron chi connectivity index (χ3n) is 5.24. The molecule has 0 bridgehead atoms. The first kappa shape index (κ1) is 25.5. The number of ether oxygens (including phenoxy) is 2. The molecule has 10 heteroatoms. The second-order valence-corrected chi connectivity index (χ2v) is 8.22. The van der Waals surface area contributed by atoms with Gasteiger partial charge in [-0.25, -0.2) is 14.4 Å². The molecule has 2 N–H and O–H groups in total. The summed E-state index contributed by atoms with van der Waals surface area (Å²) in [5, 5.41) is 6.39. The lowest BCUT2D eigenvalue weighted by molar-refractivity contribution is -0.131. The number of hydrogen-bond donors (Lipinski definition) is 2. The minimum Gasteiger partial charge on any atom is -0.493 e. The lowest BCUT2D eigenvalue weighted by Crippen LogP contribution is -2.43. The number of nitrogens with zero attached hydrogens (tertiary/aromatic N) is 3. The lowest BCUT2D eigenvalue weighted by atomic mass is 10.1. The molecule has 34 heavy (non-hydrogen) atoms. The molecule has 0 spiro atoms. The number of carbonyl (C=O) groups is 1. The number of piperidine rings is 1. The SMILES string of the molecule is CNC.COc1cc2ncnc(Nc3cccc(Cl)c3F)c2cc1O[C@H]1CCCN(C(C)=O)C1. The highest BCUT2D eigenvalue weighted by molar-refractivity contribution is 6.31. The smallest absolute Gasteiger partial charge is 0.219 e. The van der Waals surface area contributed by atoms with Crippen LogP contribution in [0.5, 0.6) is 11.5 Å². The van der Waals surface area contributed by atoms with Gasteiger partial charge in [-0.05, 0) is 45.1 Å². The van der Waals surface area contributed by atoms with Crippen molar-refractivity contribution in [2.24, 2.45) is 0 Å². The molecule has 0 unspecified atom stereocenters. The number of nitrogens with one attached hydrogen (secondary N) is 2. The van der Waals surface area contributed by atoms with Crippen molar-refractivity contribution in [1.82, 2.24) is 20.2 Å². The molecule has 1 atom stereocenters. The third-order valence-corrected chi connectivity index (χ3v) is 5.53. The summed E-state index contributed by atoms with van der Waals surface area (Å²) < 4.78 is 26.1. The molecular formula is C24H29ClFN5O3. The summed E-state index contributed by atoms with van der Waals surface area (Å²) in [7, 11) is 5.30. The Labute approximate surface area is 203 Å². The van der Waals surface area contributed by atoms with E-state index < -0.39 is 5.82 Å². The van der Waals surface area contributed by atoms with Crippen LogP contribution in [0.25, 0.3) is 10.9 Å². The maximum atomic E-state index is 14.4. The van der Waals surface area contributed by atoms with E-state index in [-0.39, 0.29) is 22.7 Å². The molecule has 2 heterocycles. The van der Waals surface area contributed by atoms with Crippen LogP contribution in [0.15, 0.2) is 36.7 Å². The minimum absolute atomic E-state index is 0.0152. The lowest BCUT2D eigenvalue weighted by Gasteiger charge is -2.32. The molecular weight excluding hydrogens is 461 g/mol. The van der Waals surface area contributed by atoms with E-state index in [9.17, 15) is 9.18 Å². The summed E-state index contributed by atoms with van der Waals surface area (Å²) in [5.41, 5.74) is 0.813. The number of fused-ring (bicyclic) bond motifs is 1. The van der Waals surface area contributed by atoms with Crippen LogP contribution in [0.4, 0.5) is 15.9 Å². The number of amides is 1. The number of halogens is 2. The number of anilines is 2. The monoisotopic (exact) mass is 489 g/mol. The van der Waals surface area contributed by atoms with Gasteiger partial charge in [0.25, 0.3) is 0 Å². The van der Waals surface area contributed by atoms with E-state index >= 15 is 0 Å². The van der Waals surface area contributed by atoms with E-state index in [4.69, 9.17) is 21.1 Å². The molecule has 1 amide bonds. The molecule has 1 aliphatic heterocycles. The van der Waals surface area contributed by atoms with Crippen LogP contribution in [-0.4, -0.2) is 61.2 Å². The fourth-order valence-electron chi connectivity index (χ4n) is 3.64. The zero-order chi connectivity index (χ0) is 24.7. The van der Waals surface area contributed by atoms with Crippen LogP contribution in [-0.2, 0) is 4.79 Å². The van der Waals surface area contributed by atoms with E-state index in [0.29, 0.717) is 34.8 Å². The molecule has 1 fully saturated rings. The van der Waals surface area contributed by atoms with Crippen molar-refractivity contribution in [2.75, 3.05) is 39.6 Å². The first-order valence-electron chi connectivity index (χ1n) is 10.9. The van der Waals surface area contributed by atoms with Crippen molar-refractivity contribution in [1.29, 1.82) is 0 Å². The maximum Gasteiger partial charge on any atom is 0.219 e. The summed E-state index contributed by atoms with van der Waals surface area (Å²) in [6.45, 7) is 2.81. The van der Waals surface area contributed by atoms with Gasteiger partial charge in [-0.1, -0.05) is 17.7 Å². The predicted octanol–water partition coefficient (Wildman–Crippen LogP) is 4.40. The van der Waals surface area contributed by atoms with Crippen LogP contribution >= 0.6 is 11.6 Å². The van der Waals surface area contributed by atoms with E-state index in [2.05, 4.69) is 20.6 Å². The normalized spacial score (nSPS) is 15.4. The van der Waals surface area contributed by atoms with Gasteiger partial charge in [-0.2, -0.15) is 0 Å². The number of carbonyl (C=O) groups excluding carboxylic acids is 1. The van der Waals surface area contributed by atoms with E-state index in [1.165, 1.54) is 12.4 Å². The third kappa shape index (κ3) is 6.03. The van der Waals surface area contributed by atoms with Crippen LogP contribution in [0.1, 0.15) is 19.8 Å². The topological polar surface area (TPSA) is 88.6 Å². The Bertz CT molecular complexity index is 1150. The number of hydrogen-bond acceptors (Lipinski definition) is 7. The number of rotatable bonds is 5. The molecule has 0 aliphatic carbocycles. The van der Waals surface area contributed by atoms with Gasteiger partial charge in [-0.3, -0.25) is 4.79 Å². The van der Waals surface area contributed by atoms with Gasteiger partial charge in [0.05, 0.1) is 29.9 Å². The highest BCUT2D eigenvalue weighted by Crippen LogP contribution is 2.36. The number of methoxy groups -OCH3 is 1. The van der Waals surface area contributed by atoms with E-state index in [1.54, 1.807) is 43.2 Å². The first-order chi connectivity index (χ1) is 16.4. The van der Waals surface area contributed by atoms with Gasteiger partial charge in [0.15, 0.2) is 17.3 Å². The van der Waals surface area contributed by atoms with Crippen LogP contribution in [0.2, 0.25) is 5.02 Å². The van der Waals surface area contributed by atoms with Crippen molar-refractivity contribution < 1.29 is 18.7 Å². The zero-order valence-corrected chi connectivity index (χ0v) is 20.4. The number of aromatic nitrogens is 2. The standard InChI is InChI=1S/C22H22ClFN4O3.C2H7N/c1-13(29)28-8-4-5-14(11-28)31-20-9-15-18(10-19(20)30-2)25-12-26-22(15)27-17-7-3-6-16(23)21(17)24;1-3-2/h3,6-7,9-10,12,14H,4-5,8,11H2,1-2H3,(H,25,26,27);3H,1-2H3/t14-;/m0./s1. The van der Waals surface area contributed by atoms with E-state index in [1.807, 2.05) is 14.1 Å². The Morgan fingerprint density at radius 3 is 2.71 bits per heavy atom. The predicted molar refractivity (Wildman–Crippen MR) is 132 cm³/mol. The summed E-state index contributed by atoms with van der Waals surface area (Å²) in [4.78, 5) is 22.1. The van der Waals surface area contributed by atoms with Crippen molar-refractivity contribution in [3.63, 3.8) is 0 Å². The number of likely N-dealkylation sites (tertiary alicyclic amines) is 1. The Morgan fingerprint density at radius 2 is 2.00 bits per heavy atom. The minimum atomic E-state index is -0.563. The molecule has 1 aromatic heterocycles. The van der Waals surface area contributed by atoms with Gasteiger partial charge in [0.2, 0.25) is 5.91 Å². The molecule has 4 rings (SSSR count). The van der Waals surface area contributed by atoms with Gasteiger partial charge in [-0.15, -0.1) is 0 Å². The molecule has 0 saturated carbocycles. The highest BCUT2D eigenvalue weighted by atomic mass is 35.5.